The molecule has 0 bridgehead atoms. The van der Waals surface area contributed by atoms with Gasteiger partial charge in [0.05, 0.1) is 4.90 Å². The van der Waals surface area contributed by atoms with E-state index in [0.717, 1.165) is 23.1 Å². The van der Waals surface area contributed by atoms with Crippen LogP contribution in [0.25, 0.3) is 0 Å². The minimum absolute atomic E-state index is 0.0629. The molecule has 5 nitrogen and oxygen atoms in total. The highest BCUT2D eigenvalue weighted by molar-refractivity contribution is 7.89. The Hall–Kier alpha value is -2.18. The number of rotatable bonds is 6. The maximum Gasteiger partial charge on any atom is 0.243 e. The van der Waals surface area contributed by atoms with Gasteiger partial charge in [-0.05, 0) is 42.5 Å². The van der Waals surface area contributed by atoms with Gasteiger partial charge in [0.1, 0.15) is 0 Å². The summed E-state index contributed by atoms with van der Waals surface area (Å²) in [5.74, 6) is 0.134. The molecule has 0 N–H and O–H groups in total. The highest BCUT2D eigenvalue weighted by atomic mass is 32.2. The molecule has 0 spiro atoms. The highest BCUT2D eigenvalue weighted by Gasteiger charge is 2.29. The number of amides is 1. The number of anilines is 1. The van der Waals surface area contributed by atoms with E-state index in [0.29, 0.717) is 25.3 Å². The summed E-state index contributed by atoms with van der Waals surface area (Å²) in [4.78, 5) is 13.8. The van der Waals surface area contributed by atoms with Gasteiger partial charge in [-0.15, -0.1) is 0 Å². The third kappa shape index (κ3) is 4.28. The van der Waals surface area contributed by atoms with Gasteiger partial charge >= 0.3 is 0 Å². The maximum absolute atomic E-state index is 13.5. The summed E-state index contributed by atoms with van der Waals surface area (Å²) in [5.41, 5.74) is 3.81. The number of aryl methyl sites for hydroxylation is 1. The third-order valence-electron chi connectivity index (χ3n) is 4.98. The van der Waals surface area contributed by atoms with Gasteiger partial charge in [0, 0.05) is 32.2 Å². The summed E-state index contributed by atoms with van der Waals surface area (Å²) in [5, 5.41) is 0. The van der Waals surface area contributed by atoms with Gasteiger partial charge in [0.15, 0.2) is 0 Å². The molecule has 2 aromatic carbocycles. The molecule has 0 radical (unpaired) electrons. The van der Waals surface area contributed by atoms with Gasteiger partial charge in [-0.3, -0.25) is 4.79 Å². The maximum atomic E-state index is 13.5. The summed E-state index contributed by atoms with van der Waals surface area (Å²) in [6.07, 6.45) is 0.758. The molecule has 0 unspecified atom stereocenters. The summed E-state index contributed by atoms with van der Waals surface area (Å²) in [7, 11) is -3.68. The Morgan fingerprint density at radius 2 is 1.93 bits per heavy atom. The zero-order valence-electron chi connectivity index (χ0n) is 17.0. The van der Waals surface area contributed by atoms with Crippen molar-refractivity contribution in [1.82, 2.24) is 4.31 Å². The van der Waals surface area contributed by atoms with E-state index in [1.165, 1.54) is 6.92 Å². The van der Waals surface area contributed by atoms with Gasteiger partial charge in [0.25, 0.3) is 0 Å². The lowest BCUT2D eigenvalue weighted by Gasteiger charge is -2.25. The third-order valence-corrected chi connectivity index (χ3v) is 6.79. The largest absolute Gasteiger partial charge is 0.312 e. The Morgan fingerprint density at radius 3 is 2.57 bits per heavy atom. The fourth-order valence-corrected chi connectivity index (χ4v) is 5.28. The number of benzene rings is 2. The van der Waals surface area contributed by atoms with Crippen molar-refractivity contribution < 1.29 is 13.2 Å². The van der Waals surface area contributed by atoms with Crippen LogP contribution in [0, 0.1) is 12.8 Å². The topological polar surface area (TPSA) is 57.7 Å². The first-order valence-electron chi connectivity index (χ1n) is 9.65. The van der Waals surface area contributed by atoms with Crippen LogP contribution < -0.4 is 4.90 Å². The second-order valence-electron chi connectivity index (χ2n) is 7.89. The number of carbonyl (C=O) groups is 1. The van der Waals surface area contributed by atoms with Crippen molar-refractivity contribution in [3.05, 3.63) is 59.2 Å². The minimum Gasteiger partial charge on any atom is -0.312 e. The molecule has 28 heavy (non-hydrogen) atoms. The van der Waals surface area contributed by atoms with Crippen molar-refractivity contribution in [3.8, 4) is 0 Å². The van der Waals surface area contributed by atoms with E-state index in [-0.39, 0.29) is 16.7 Å². The zero-order valence-corrected chi connectivity index (χ0v) is 17.8. The fourth-order valence-electron chi connectivity index (χ4n) is 3.66. The molecular formula is C22H28N2O3S. The molecule has 0 aliphatic carbocycles. The van der Waals surface area contributed by atoms with E-state index in [2.05, 4.69) is 0 Å². The molecule has 1 heterocycles. The van der Waals surface area contributed by atoms with Crippen LogP contribution in [-0.2, 0) is 27.8 Å². The minimum atomic E-state index is -3.68. The first kappa shape index (κ1) is 20.6. The molecule has 0 saturated heterocycles. The van der Waals surface area contributed by atoms with E-state index >= 15 is 0 Å². The number of fused-ring (bicyclic) bond motifs is 1. The van der Waals surface area contributed by atoms with Crippen molar-refractivity contribution in [2.75, 3.05) is 18.0 Å². The molecule has 1 aliphatic rings. The summed E-state index contributed by atoms with van der Waals surface area (Å²) in [6, 6.07) is 13.1. The fraction of sp³-hybridized carbons (Fsp3) is 0.409. The quantitative estimate of drug-likeness (QED) is 0.742. The number of hydrogen-bond donors (Lipinski definition) is 0. The predicted molar refractivity (Wildman–Crippen MR) is 112 cm³/mol. The van der Waals surface area contributed by atoms with Gasteiger partial charge in [-0.2, -0.15) is 4.31 Å². The van der Waals surface area contributed by atoms with E-state index < -0.39 is 10.0 Å². The molecule has 3 rings (SSSR count). The van der Waals surface area contributed by atoms with Crippen LogP contribution in [0.5, 0.6) is 0 Å². The number of nitrogens with zero attached hydrogens (tertiary/aromatic N) is 2. The molecule has 0 aromatic heterocycles. The smallest absolute Gasteiger partial charge is 0.243 e. The Morgan fingerprint density at radius 1 is 1.18 bits per heavy atom. The van der Waals surface area contributed by atoms with Gasteiger partial charge in [-0.25, -0.2) is 8.42 Å². The Kier molecular flexibility index (Phi) is 5.91. The molecule has 0 atom stereocenters. The van der Waals surface area contributed by atoms with E-state index in [9.17, 15) is 13.2 Å². The van der Waals surface area contributed by atoms with E-state index in [1.54, 1.807) is 21.3 Å². The first-order valence-corrected chi connectivity index (χ1v) is 11.1. The van der Waals surface area contributed by atoms with Gasteiger partial charge in [-0.1, -0.05) is 49.7 Å². The number of carbonyl (C=O) groups excluding carboxylic acids is 1. The zero-order chi connectivity index (χ0) is 20.5. The van der Waals surface area contributed by atoms with Crippen LogP contribution in [0.1, 0.15) is 37.5 Å². The molecule has 2 aromatic rings. The summed E-state index contributed by atoms with van der Waals surface area (Å²) < 4.78 is 28.5. The van der Waals surface area contributed by atoms with Gasteiger partial charge < -0.3 is 4.90 Å². The molecule has 1 amide bonds. The van der Waals surface area contributed by atoms with Crippen molar-refractivity contribution in [3.63, 3.8) is 0 Å². The summed E-state index contributed by atoms with van der Waals surface area (Å²) in [6.45, 7) is 8.91. The second-order valence-corrected chi connectivity index (χ2v) is 9.83. The molecule has 150 valence electrons. The number of sulfonamides is 1. The summed E-state index contributed by atoms with van der Waals surface area (Å²) >= 11 is 0. The monoisotopic (exact) mass is 400 g/mol. The molecule has 0 saturated carbocycles. The molecule has 6 heteroatoms. The highest BCUT2D eigenvalue weighted by Crippen LogP contribution is 2.32. The van der Waals surface area contributed by atoms with Crippen LogP contribution in [-0.4, -0.2) is 31.7 Å². The van der Waals surface area contributed by atoms with Crippen molar-refractivity contribution in [1.29, 1.82) is 0 Å². The predicted octanol–water partition coefficient (Wildman–Crippen LogP) is 3.75. The standard InChI is InChI=1S/C22H28N2O3S/c1-16(2)14-23(15-19-7-5-6-17(3)12-19)28(26,27)21-9-8-20-10-11-24(18(4)25)22(20)13-21/h5-9,12-13,16H,10-11,14-15H2,1-4H3. The van der Waals surface area contributed by atoms with Crippen LogP contribution in [0.15, 0.2) is 47.4 Å². The van der Waals surface area contributed by atoms with Crippen molar-refractivity contribution >= 4 is 21.6 Å². The second kappa shape index (κ2) is 8.05. The SMILES string of the molecule is CC(=O)N1CCc2ccc(S(=O)(=O)N(Cc3cccc(C)c3)CC(C)C)cc21. The van der Waals surface area contributed by atoms with E-state index in [1.807, 2.05) is 51.1 Å². The molecule has 1 aliphatic heterocycles. The van der Waals surface area contributed by atoms with E-state index in [4.69, 9.17) is 0 Å². The van der Waals surface area contributed by atoms with Crippen LogP contribution >= 0.6 is 0 Å². The average molecular weight is 401 g/mol. The molecular weight excluding hydrogens is 372 g/mol. The lowest BCUT2D eigenvalue weighted by molar-refractivity contribution is -0.116. The van der Waals surface area contributed by atoms with Crippen LogP contribution in [0.2, 0.25) is 0 Å². The Bertz CT molecular complexity index is 983. The normalized spacial score (nSPS) is 14.0. The molecule has 0 fully saturated rings. The first-order chi connectivity index (χ1) is 13.2. The van der Waals surface area contributed by atoms with Crippen LogP contribution in [0.3, 0.4) is 0 Å². The lowest BCUT2D eigenvalue weighted by atomic mass is 10.1. The average Bonchev–Trinajstić information content (AvgIpc) is 3.04. The van der Waals surface area contributed by atoms with Crippen LogP contribution in [0.4, 0.5) is 5.69 Å². The Balaban J connectivity index is 1.97. The Labute approximate surface area is 168 Å². The van der Waals surface area contributed by atoms with Crippen molar-refractivity contribution in [2.24, 2.45) is 5.92 Å². The van der Waals surface area contributed by atoms with Gasteiger partial charge in [0.2, 0.25) is 15.9 Å². The number of hydrogen-bond acceptors (Lipinski definition) is 3. The lowest BCUT2D eigenvalue weighted by Crippen LogP contribution is -2.34. The van der Waals surface area contributed by atoms with Crippen molar-refractivity contribution in [2.45, 2.75) is 45.6 Å².